The van der Waals surface area contributed by atoms with Crippen molar-refractivity contribution in [3.63, 3.8) is 0 Å². The Morgan fingerprint density at radius 3 is 2.58 bits per heavy atom. The maximum absolute atomic E-state index is 10.9. The van der Waals surface area contributed by atoms with Gasteiger partial charge in [-0.15, -0.1) is 0 Å². The SMILES string of the molecule is CCC1CCCC(C(O)C2(c3ccccc3)CC2)C1. The molecular formula is C18H26O. The second kappa shape index (κ2) is 5.28. The van der Waals surface area contributed by atoms with Crippen LogP contribution >= 0.6 is 0 Å². The molecular weight excluding hydrogens is 232 g/mol. The summed E-state index contributed by atoms with van der Waals surface area (Å²) >= 11 is 0. The van der Waals surface area contributed by atoms with Gasteiger partial charge in [0, 0.05) is 5.41 Å². The van der Waals surface area contributed by atoms with E-state index >= 15 is 0 Å². The van der Waals surface area contributed by atoms with E-state index in [1.54, 1.807) is 0 Å². The molecule has 1 heteroatoms. The number of aliphatic hydroxyl groups excluding tert-OH is 1. The van der Waals surface area contributed by atoms with E-state index in [2.05, 4.69) is 37.3 Å². The van der Waals surface area contributed by atoms with Crippen LogP contribution in [0.3, 0.4) is 0 Å². The molecule has 0 aliphatic heterocycles. The van der Waals surface area contributed by atoms with E-state index in [-0.39, 0.29) is 11.5 Å². The summed E-state index contributed by atoms with van der Waals surface area (Å²) in [5.74, 6) is 1.38. The fourth-order valence-electron chi connectivity index (χ4n) is 4.10. The van der Waals surface area contributed by atoms with Gasteiger partial charge < -0.3 is 5.11 Å². The molecule has 3 unspecified atom stereocenters. The molecule has 2 saturated carbocycles. The average molecular weight is 258 g/mol. The lowest BCUT2D eigenvalue weighted by molar-refractivity contribution is 0.0376. The van der Waals surface area contributed by atoms with Gasteiger partial charge in [0.05, 0.1) is 6.10 Å². The summed E-state index contributed by atoms with van der Waals surface area (Å²) in [7, 11) is 0. The Hall–Kier alpha value is -0.820. The molecule has 0 bridgehead atoms. The molecule has 1 nitrogen and oxygen atoms in total. The highest BCUT2D eigenvalue weighted by molar-refractivity contribution is 5.33. The van der Waals surface area contributed by atoms with Crippen LogP contribution in [0.2, 0.25) is 0 Å². The van der Waals surface area contributed by atoms with Gasteiger partial charge in [0.15, 0.2) is 0 Å². The highest BCUT2D eigenvalue weighted by Crippen LogP contribution is 2.54. The van der Waals surface area contributed by atoms with Crippen LogP contribution in [-0.4, -0.2) is 11.2 Å². The second-order valence-corrected chi connectivity index (χ2v) is 6.67. The zero-order valence-corrected chi connectivity index (χ0v) is 12.0. The number of hydrogen-bond acceptors (Lipinski definition) is 1. The third kappa shape index (κ3) is 2.45. The first-order valence-corrected chi connectivity index (χ1v) is 8.00. The summed E-state index contributed by atoms with van der Waals surface area (Å²) in [6.45, 7) is 2.30. The monoisotopic (exact) mass is 258 g/mol. The van der Waals surface area contributed by atoms with Gasteiger partial charge in [0.25, 0.3) is 0 Å². The highest BCUT2D eigenvalue weighted by Gasteiger charge is 2.52. The molecule has 0 heterocycles. The Morgan fingerprint density at radius 1 is 1.21 bits per heavy atom. The van der Waals surface area contributed by atoms with Crippen molar-refractivity contribution in [2.24, 2.45) is 11.8 Å². The van der Waals surface area contributed by atoms with Gasteiger partial charge in [0.1, 0.15) is 0 Å². The molecule has 1 aromatic carbocycles. The van der Waals surface area contributed by atoms with Gasteiger partial charge in [-0.3, -0.25) is 0 Å². The van der Waals surface area contributed by atoms with Crippen LogP contribution in [0.1, 0.15) is 57.4 Å². The first kappa shape index (κ1) is 13.2. The third-order valence-corrected chi connectivity index (χ3v) is 5.55. The number of hydrogen-bond donors (Lipinski definition) is 1. The molecule has 1 N–H and O–H groups in total. The maximum atomic E-state index is 10.9. The molecule has 104 valence electrons. The van der Waals surface area contributed by atoms with Crippen molar-refractivity contribution in [2.45, 2.75) is 63.4 Å². The normalized spacial score (nSPS) is 30.8. The van der Waals surface area contributed by atoms with Crippen LogP contribution in [-0.2, 0) is 5.41 Å². The lowest BCUT2D eigenvalue weighted by Crippen LogP contribution is -2.36. The van der Waals surface area contributed by atoms with E-state index in [9.17, 15) is 5.11 Å². The van der Waals surface area contributed by atoms with E-state index in [0.717, 1.165) is 5.92 Å². The summed E-state index contributed by atoms with van der Waals surface area (Å²) in [5, 5.41) is 10.9. The van der Waals surface area contributed by atoms with Crippen LogP contribution in [0.4, 0.5) is 0 Å². The smallest absolute Gasteiger partial charge is 0.0665 e. The van der Waals surface area contributed by atoms with Crippen molar-refractivity contribution >= 4 is 0 Å². The molecule has 0 amide bonds. The molecule has 0 saturated heterocycles. The lowest BCUT2D eigenvalue weighted by atomic mass is 9.72. The van der Waals surface area contributed by atoms with Crippen molar-refractivity contribution in [2.75, 3.05) is 0 Å². The predicted octanol–water partition coefficient (Wildman–Crippen LogP) is 4.30. The Balaban J connectivity index is 1.75. The summed E-state index contributed by atoms with van der Waals surface area (Å²) in [6.07, 6.45) is 8.66. The fourth-order valence-corrected chi connectivity index (χ4v) is 4.10. The molecule has 0 radical (unpaired) electrons. The molecule has 2 aliphatic rings. The van der Waals surface area contributed by atoms with Gasteiger partial charge in [-0.25, -0.2) is 0 Å². The van der Waals surface area contributed by atoms with E-state index in [1.165, 1.54) is 50.5 Å². The molecule has 3 atom stereocenters. The first-order valence-electron chi connectivity index (χ1n) is 8.00. The molecule has 0 aromatic heterocycles. The highest BCUT2D eigenvalue weighted by atomic mass is 16.3. The van der Waals surface area contributed by atoms with Crippen LogP contribution in [0, 0.1) is 11.8 Å². The number of rotatable bonds is 4. The van der Waals surface area contributed by atoms with Crippen LogP contribution in [0.25, 0.3) is 0 Å². The molecule has 19 heavy (non-hydrogen) atoms. The lowest BCUT2D eigenvalue weighted by Gasteiger charge is -2.36. The zero-order valence-electron chi connectivity index (χ0n) is 12.0. The minimum Gasteiger partial charge on any atom is -0.392 e. The summed E-state index contributed by atoms with van der Waals surface area (Å²) in [6, 6.07) is 10.7. The van der Waals surface area contributed by atoms with Gasteiger partial charge in [-0.1, -0.05) is 56.5 Å². The molecule has 1 aromatic rings. The summed E-state index contributed by atoms with van der Waals surface area (Å²) in [5.41, 5.74) is 1.46. The van der Waals surface area contributed by atoms with Crippen molar-refractivity contribution < 1.29 is 5.11 Å². The fraction of sp³-hybridized carbons (Fsp3) is 0.667. The predicted molar refractivity (Wildman–Crippen MR) is 79.1 cm³/mol. The standard InChI is InChI=1S/C18H26O/c1-2-14-7-6-8-15(13-14)17(19)18(11-12-18)16-9-4-3-5-10-16/h3-5,9-10,14-15,17,19H,2,6-8,11-13H2,1H3. The van der Waals surface area contributed by atoms with Gasteiger partial charge in [-0.05, 0) is 43.1 Å². The molecule has 2 fully saturated rings. The Labute approximate surface area is 117 Å². The van der Waals surface area contributed by atoms with Gasteiger partial charge >= 0.3 is 0 Å². The summed E-state index contributed by atoms with van der Waals surface area (Å²) < 4.78 is 0. The van der Waals surface area contributed by atoms with Crippen molar-refractivity contribution in [1.29, 1.82) is 0 Å². The average Bonchev–Trinajstić information content (AvgIpc) is 3.29. The first-order chi connectivity index (χ1) is 9.26. The van der Waals surface area contributed by atoms with E-state index in [1.807, 2.05) is 0 Å². The van der Waals surface area contributed by atoms with Gasteiger partial charge in [0.2, 0.25) is 0 Å². The number of benzene rings is 1. The Bertz CT molecular complexity index is 407. The minimum absolute atomic E-state index is 0.0988. The van der Waals surface area contributed by atoms with E-state index < -0.39 is 0 Å². The Kier molecular flexibility index (Phi) is 3.66. The molecule has 3 rings (SSSR count). The van der Waals surface area contributed by atoms with E-state index in [4.69, 9.17) is 0 Å². The maximum Gasteiger partial charge on any atom is 0.0665 e. The summed E-state index contributed by atoms with van der Waals surface area (Å²) in [4.78, 5) is 0. The number of aliphatic hydroxyl groups is 1. The zero-order chi connectivity index (χ0) is 13.3. The minimum atomic E-state index is -0.121. The topological polar surface area (TPSA) is 20.2 Å². The van der Waals surface area contributed by atoms with Crippen LogP contribution in [0.15, 0.2) is 30.3 Å². The molecule has 0 spiro atoms. The van der Waals surface area contributed by atoms with E-state index in [0.29, 0.717) is 5.92 Å². The quantitative estimate of drug-likeness (QED) is 0.854. The van der Waals surface area contributed by atoms with Crippen molar-refractivity contribution in [1.82, 2.24) is 0 Å². The van der Waals surface area contributed by atoms with Gasteiger partial charge in [-0.2, -0.15) is 0 Å². The van der Waals surface area contributed by atoms with Crippen LogP contribution < -0.4 is 0 Å². The van der Waals surface area contributed by atoms with Crippen molar-refractivity contribution in [3.05, 3.63) is 35.9 Å². The third-order valence-electron chi connectivity index (χ3n) is 5.55. The largest absolute Gasteiger partial charge is 0.392 e. The second-order valence-electron chi connectivity index (χ2n) is 6.67. The van der Waals surface area contributed by atoms with Crippen molar-refractivity contribution in [3.8, 4) is 0 Å². The Morgan fingerprint density at radius 2 is 1.95 bits per heavy atom. The molecule has 2 aliphatic carbocycles. The van der Waals surface area contributed by atoms with Crippen LogP contribution in [0.5, 0.6) is 0 Å².